The van der Waals surface area contributed by atoms with Crippen LogP contribution in [0.25, 0.3) is 16.9 Å². The number of anilines is 1. The first-order chi connectivity index (χ1) is 10.3. The Labute approximate surface area is 128 Å². The van der Waals surface area contributed by atoms with Crippen molar-refractivity contribution in [2.75, 3.05) is 11.9 Å². The van der Waals surface area contributed by atoms with E-state index in [-0.39, 0.29) is 0 Å². The lowest BCUT2D eigenvalue weighted by Crippen LogP contribution is -1.96. The van der Waals surface area contributed by atoms with Crippen LogP contribution < -0.4 is 5.32 Å². The highest BCUT2D eigenvalue weighted by molar-refractivity contribution is 6.30. The standard InChI is InChI=1S/C17H14ClN3/c18-14-3-1-12(2-4-14)17-10-19-11-21(17)15-5-6-16-13(9-15)7-8-20-16/h1-6,9-11,20H,7-8H2. The van der Waals surface area contributed by atoms with Crippen LogP contribution in [0.2, 0.25) is 5.02 Å². The van der Waals surface area contributed by atoms with Crippen molar-refractivity contribution < 1.29 is 0 Å². The number of hydrogen-bond acceptors (Lipinski definition) is 2. The van der Waals surface area contributed by atoms with E-state index in [1.165, 1.54) is 11.3 Å². The summed E-state index contributed by atoms with van der Waals surface area (Å²) in [5.74, 6) is 0. The molecule has 2 aromatic carbocycles. The molecule has 1 aliphatic rings. The summed E-state index contributed by atoms with van der Waals surface area (Å²) in [7, 11) is 0. The molecule has 0 amide bonds. The minimum atomic E-state index is 0.744. The molecule has 4 heteroatoms. The van der Waals surface area contributed by atoms with Crippen molar-refractivity contribution in [1.82, 2.24) is 9.55 Å². The molecule has 2 heterocycles. The molecule has 0 fully saturated rings. The molecule has 0 aliphatic carbocycles. The summed E-state index contributed by atoms with van der Waals surface area (Å²) in [6, 6.07) is 14.3. The summed E-state index contributed by atoms with van der Waals surface area (Å²) in [5.41, 5.74) is 5.92. The molecule has 1 N–H and O–H groups in total. The van der Waals surface area contributed by atoms with Crippen molar-refractivity contribution in [2.45, 2.75) is 6.42 Å². The van der Waals surface area contributed by atoms with Gasteiger partial charge in [0.15, 0.2) is 0 Å². The number of hydrogen-bond donors (Lipinski definition) is 1. The number of nitrogens with zero attached hydrogens (tertiary/aromatic N) is 2. The summed E-state index contributed by atoms with van der Waals surface area (Å²) < 4.78 is 2.11. The summed E-state index contributed by atoms with van der Waals surface area (Å²) in [5, 5.41) is 4.13. The first-order valence-corrected chi connectivity index (χ1v) is 7.34. The van der Waals surface area contributed by atoms with Gasteiger partial charge in [0, 0.05) is 28.5 Å². The Morgan fingerprint density at radius 2 is 1.95 bits per heavy atom. The number of benzene rings is 2. The first-order valence-electron chi connectivity index (χ1n) is 6.97. The molecule has 4 rings (SSSR count). The molecule has 104 valence electrons. The molecule has 0 radical (unpaired) electrons. The van der Waals surface area contributed by atoms with E-state index in [4.69, 9.17) is 11.6 Å². The van der Waals surface area contributed by atoms with Crippen LogP contribution in [0.15, 0.2) is 55.0 Å². The van der Waals surface area contributed by atoms with Crippen LogP contribution in [0, 0.1) is 0 Å². The normalized spacial score (nSPS) is 13.0. The fraction of sp³-hybridized carbons (Fsp3) is 0.118. The lowest BCUT2D eigenvalue weighted by Gasteiger charge is -2.10. The lowest BCUT2D eigenvalue weighted by molar-refractivity contribution is 1.05. The molecular weight excluding hydrogens is 282 g/mol. The molecule has 0 saturated carbocycles. The van der Waals surface area contributed by atoms with Crippen molar-refractivity contribution in [1.29, 1.82) is 0 Å². The van der Waals surface area contributed by atoms with Crippen molar-refractivity contribution in [3.05, 3.63) is 65.6 Å². The second-order valence-corrected chi connectivity index (χ2v) is 5.61. The van der Waals surface area contributed by atoms with Gasteiger partial charge in [0.2, 0.25) is 0 Å². The molecule has 3 nitrogen and oxygen atoms in total. The highest BCUT2D eigenvalue weighted by atomic mass is 35.5. The Kier molecular flexibility index (Phi) is 2.93. The van der Waals surface area contributed by atoms with Gasteiger partial charge in [-0.1, -0.05) is 23.7 Å². The second-order valence-electron chi connectivity index (χ2n) is 5.17. The molecule has 1 aliphatic heterocycles. The van der Waals surface area contributed by atoms with Crippen molar-refractivity contribution in [3.8, 4) is 16.9 Å². The fourth-order valence-corrected chi connectivity index (χ4v) is 2.90. The molecule has 3 aromatic rings. The van der Waals surface area contributed by atoms with Crippen LogP contribution in [-0.4, -0.2) is 16.1 Å². The quantitative estimate of drug-likeness (QED) is 0.769. The van der Waals surface area contributed by atoms with Crippen molar-refractivity contribution in [2.24, 2.45) is 0 Å². The monoisotopic (exact) mass is 295 g/mol. The van der Waals surface area contributed by atoms with E-state index in [9.17, 15) is 0 Å². The van der Waals surface area contributed by atoms with E-state index in [0.29, 0.717) is 0 Å². The third kappa shape index (κ3) is 2.20. The van der Waals surface area contributed by atoms with Gasteiger partial charge in [-0.25, -0.2) is 4.98 Å². The third-order valence-electron chi connectivity index (χ3n) is 3.86. The number of imidazole rings is 1. The fourth-order valence-electron chi connectivity index (χ4n) is 2.78. The van der Waals surface area contributed by atoms with E-state index >= 15 is 0 Å². The Hall–Kier alpha value is -2.26. The first kappa shape index (κ1) is 12.5. The molecular formula is C17H14ClN3. The molecule has 0 spiro atoms. The molecule has 0 atom stereocenters. The van der Waals surface area contributed by atoms with Crippen LogP contribution in [0.4, 0.5) is 5.69 Å². The van der Waals surface area contributed by atoms with Gasteiger partial charge >= 0.3 is 0 Å². The highest BCUT2D eigenvalue weighted by Gasteiger charge is 2.12. The topological polar surface area (TPSA) is 29.9 Å². The minimum Gasteiger partial charge on any atom is -0.384 e. The maximum Gasteiger partial charge on any atom is 0.0997 e. The van der Waals surface area contributed by atoms with E-state index in [0.717, 1.165) is 34.9 Å². The average Bonchev–Trinajstić information content (AvgIpc) is 3.16. The lowest BCUT2D eigenvalue weighted by atomic mass is 10.1. The summed E-state index contributed by atoms with van der Waals surface area (Å²) in [6.45, 7) is 1.02. The van der Waals surface area contributed by atoms with Gasteiger partial charge in [-0.15, -0.1) is 0 Å². The Balaban J connectivity index is 1.80. The SMILES string of the molecule is Clc1ccc(-c2cncn2-c2ccc3c(c2)CCN3)cc1. The number of aromatic nitrogens is 2. The Bertz CT molecular complexity index is 790. The maximum atomic E-state index is 5.96. The smallest absolute Gasteiger partial charge is 0.0997 e. The summed E-state index contributed by atoms with van der Waals surface area (Å²) in [6.07, 6.45) is 4.82. The highest BCUT2D eigenvalue weighted by Crippen LogP contribution is 2.28. The molecule has 0 unspecified atom stereocenters. The zero-order chi connectivity index (χ0) is 14.2. The summed E-state index contributed by atoms with van der Waals surface area (Å²) >= 11 is 5.96. The molecule has 21 heavy (non-hydrogen) atoms. The van der Waals surface area contributed by atoms with Gasteiger partial charge in [-0.2, -0.15) is 0 Å². The van der Waals surface area contributed by atoms with Crippen LogP contribution in [0.3, 0.4) is 0 Å². The number of nitrogens with one attached hydrogen (secondary N) is 1. The Morgan fingerprint density at radius 1 is 1.10 bits per heavy atom. The van der Waals surface area contributed by atoms with E-state index in [1.54, 1.807) is 0 Å². The van der Waals surface area contributed by atoms with Crippen molar-refractivity contribution in [3.63, 3.8) is 0 Å². The predicted molar refractivity (Wildman–Crippen MR) is 86.2 cm³/mol. The van der Waals surface area contributed by atoms with Crippen LogP contribution in [0.5, 0.6) is 0 Å². The van der Waals surface area contributed by atoms with Gasteiger partial charge in [-0.3, -0.25) is 4.57 Å². The van der Waals surface area contributed by atoms with Crippen molar-refractivity contribution >= 4 is 17.3 Å². The van der Waals surface area contributed by atoms with Gasteiger partial charge in [0.05, 0.1) is 18.2 Å². The average molecular weight is 296 g/mol. The van der Waals surface area contributed by atoms with Crippen LogP contribution in [-0.2, 0) is 6.42 Å². The third-order valence-corrected chi connectivity index (χ3v) is 4.11. The molecule has 0 bridgehead atoms. The van der Waals surface area contributed by atoms with Gasteiger partial charge < -0.3 is 5.32 Å². The largest absolute Gasteiger partial charge is 0.384 e. The predicted octanol–water partition coefficient (Wildman–Crippen LogP) is 4.16. The van der Waals surface area contributed by atoms with Crippen LogP contribution >= 0.6 is 11.6 Å². The second kappa shape index (κ2) is 4.93. The van der Waals surface area contributed by atoms with Gasteiger partial charge in [0.25, 0.3) is 0 Å². The number of halogens is 1. The number of rotatable bonds is 2. The van der Waals surface area contributed by atoms with Gasteiger partial charge in [0.1, 0.15) is 0 Å². The number of fused-ring (bicyclic) bond motifs is 1. The van der Waals surface area contributed by atoms with E-state index in [1.807, 2.05) is 36.8 Å². The van der Waals surface area contributed by atoms with E-state index in [2.05, 4.69) is 33.1 Å². The molecule has 1 aromatic heterocycles. The van der Waals surface area contributed by atoms with Crippen LogP contribution in [0.1, 0.15) is 5.56 Å². The Morgan fingerprint density at radius 3 is 2.81 bits per heavy atom. The zero-order valence-corrected chi connectivity index (χ0v) is 12.1. The zero-order valence-electron chi connectivity index (χ0n) is 11.4. The van der Waals surface area contributed by atoms with Gasteiger partial charge in [-0.05, 0) is 42.3 Å². The van der Waals surface area contributed by atoms with E-state index < -0.39 is 0 Å². The molecule has 0 saturated heterocycles. The minimum absolute atomic E-state index is 0.744. The summed E-state index contributed by atoms with van der Waals surface area (Å²) in [4.78, 5) is 4.31. The maximum absolute atomic E-state index is 5.96.